The Morgan fingerprint density at radius 2 is 1.82 bits per heavy atom. The van der Waals surface area contributed by atoms with E-state index in [1.807, 2.05) is 34.7 Å². The van der Waals surface area contributed by atoms with E-state index < -0.39 is 10.0 Å². The maximum absolute atomic E-state index is 12.8. The van der Waals surface area contributed by atoms with Gasteiger partial charge in [0.15, 0.2) is 0 Å². The normalized spacial score (nSPS) is 24.1. The van der Waals surface area contributed by atoms with Gasteiger partial charge in [-0.15, -0.1) is 0 Å². The largest absolute Gasteiger partial charge is 0.304 e. The second-order valence-corrected chi connectivity index (χ2v) is 9.16. The summed E-state index contributed by atoms with van der Waals surface area (Å²) < 4.78 is 30.3. The average molecular weight is 328 g/mol. The molecule has 6 nitrogen and oxygen atoms in total. The van der Waals surface area contributed by atoms with Crippen LogP contribution in [0.2, 0.25) is 0 Å². The first-order chi connectivity index (χ1) is 9.93. The second kappa shape index (κ2) is 5.62. The fraction of sp³-hybridized carbons (Fsp3) is 0.800. The van der Waals surface area contributed by atoms with E-state index in [1.165, 1.54) is 0 Å². The predicted molar refractivity (Wildman–Crippen MR) is 87.5 cm³/mol. The highest BCUT2D eigenvalue weighted by molar-refractivity contribution is 7.89. The number of hydrogen-bond acceptors (Lipinski definition) is 4. The number of aryl methyl sites for hydroxylation is 1. The predicted octanol–water partition coefficient (Wildman–Crippen LogP) is 1.48. The van der Waals surface area contributed by atoms with Crippen LogP contribution >= 0.6 is 0 Å². The van der Waals surface area contributed by atoms with Crippen molar-refractivity contribution in [2.45, 2.75) is 58.0 Å². The average Bonchev–Trinajstić information content (AvgIpc) is 2.78. The molecule has 126 valence electrons. The van der Waals surface area contributed by atoms with Gasteiger partial charge in [0.25, 0.3) is 0 Å². The van der Waals surface area contributed by atoms with Crippen LogP contribution in [0, 0.1) is 19.8 Å². The summed E-state index contributed by atoms with van der Waals surface area (Å²) in [4.78, 5) is 2.47. The summed E-state index contributed by atoms with van der Waals surface area (Å²) in [5, 5.41) is 4.44. The highest BCUT2D eigenvalue weighted by Gasteiger charge is 2.34. The summed E-state index contributed by atoms with van der Waals surface area (Å²) >= 11 is 0. The van der Waals surface area contributed by atoms with Crippen molar-refractivity contribution < 1.29 is 8.42 Å². The standard InChI is InChI=1S/C15H28N4O2S/c1-10-8-18(7)9-13(10)17-22(20,21)14-11(2)16-19(12(14)3)15(4,5)6/h10,13,17H,8-9H2,1-7H3. The van der Waals surface area contributed by atoms with Crippen molar-refractivity contribution in [1.29, 1.82) is 0 Å². The molecule has 1 aromatic rings. The molecule has 0 aromatic carbocycles. The Hall–Kier alpha value is -0.920. The molecular formula is C15H28N4O2S. The van der Waals surface area contributed by atoms with E-state index in [0.29, 0.717) is 22.2 Å². The Morgan fingerprint density at radius 1 is 1.23 bits per heavy atom. The topological polar surface area (TPSA) is 67.2 Å². The van der Waals surface area contributed by atoms with Gasteiger partial charge in [0.05, 0.1) is 16.9 Å². The lowest BCUT2D eigenvalue weighted by atomic mass is 10.1. The molecule has 1 aliphatic rings. The summed E-state index contributed by atoms with van der Waals surface area (Å²) in [6.45, 7) is 13.4. The molecule has 0 saturated carbocycles. The van der Waals surface area contributed by atoms with Crippen LogP contribution in [-0.4, -0.2) is 49.3 Å². The van der Waals surface area contributed by atoms with Crippen molar-refractivity contribution in [3.8, 4) is 0 Å². The molecule has 2 rings (SSSR count). The van der Waals surface area contributed by atoms with Crippen molar-refractivity contribution >= 4 is 10.0 Å². The van der Waals surface area contributed by atoms with E-state index in [2.05, 4.69) is 21.6 Å². The van der Waals surface area contributed by atoms with E-state index in [0.717, 1.165) is 13.1 Å². The maximum Gasteiger partial charge on any atom is 0.244 e. The van der Waals surface area contributed by atoms with Crippen LogP contribution in [0.3, 0.4) is 0 Å². The third-order valence-corrected chi connectivity index (χ3v) is 5.97. The number of nitrogens with one attached hydrogen (secondary N) is 1. The minimum atomic E-state index is -3.56. The molecule has 1 saturated heterocycles. The van der Waals surface area contributed by atoms with E-state index >= 15 is 0 Å². The fourth-order valence-electron chi connectivity index (χ4n) is 3.29. The molecule has 2 unspecified atom stereocenters. The first kappa shape index (κ1) is 17.4. The molecule has 0 radical (unpaired) electrons. The zero-order valence-corrected chi connectivity index (χ0v) is 15.5. The van der Waals surface area contributed by atoms with Gasteiger partial charge in [-0.25, -0.2) is 13.1 Å². The van der Waals surface area contributed by atoms with Crippen LogP contribution in [0.15, 0.2) is 4.90 Å². The lowest BCUT2D eigenvalue weighted by Crippen LogP contribution is -2.40. The molecule has 7 heteroatoms. The van der Waals surface area contributed by atoms with Crippen LogP contribution < -0.4 is 4.72 Å². The first-order valence-electron chi connectivity index (χ1n) is 7.71. The van der Waals surface area contributed by atoms with Crippen LogP contribution in [0.1, 0.15) is 39.1 Å². The minimum absolute atomic E-state index is 0.0493. The minimum Gasteiger partial charge on any atom is -0.304 e. The molecule has 0 amide bonds. The number of likely N-dealkylation sites (N-methyl/N-ethyl adjacent to an activating group) is 1. The molecular weight excluding hydrogens is 300 g/mol. The van der Waals surface area contributed by atoms with Crippen molar-refractivity contribution in [2.75, 3.05) is 20.1 Å². The monoisotopic (exact) mass is 328 g/mol. The van der Waals surface area contributed by atoms with Crippen LogP contribution in [0.25, 0.3) is 0 Å². The number of rotatable bonds is 3. The van der Waals surface area contributed by atoms with Crippen molar-refractivity contribution in [2.24, 2.45) is 5.92 Å². The van der Waals surface area contributed by atoms with E-state index in [9.17, 15) is 8.42 Å². The lowest BCUT2D eigenvalue weighted by Gasteiger charge is -2.22. The summed E-state index contributed by atoms with van der Waals surface area (Å²) in [5.74, 6) is 0.304. The Morgan fingerprint density at radius 3 is 2.23 bits per heavy atom. The number of aromatic nitrogens is 2. The van der Waals surface area contributed by atoms with E-state index in [4.69, 9.17) is 0 Å². The molecule has 1 fully saturated rings. The van der Waals surface area contributed by atoms with E-state index in [-0.39, 0.29) is 11.6 Å². The van der Waals surface area contributed by atoms with Gasteiger partial charge < -0.3 is 4.90 Å². The van der Waals surface area contributed by atoms with Crippen molar-refractivity contribution in [1.82, 2.24) is 19.4 Å². The highest BCUT2D eigenvalue weighted by Crippen LogP contribution is 2.26. The Labute approximate surface area is 133 Å². The third kappa shape index (κ3) is 3.21. The maximum atomic E-state index is 12.8. The van der Waals surface area contributed by atoms with Gasteiger partial charge in [-0.1, -0.05) is 6.92 Å². The summed E-state index contributed by atoms with van der Waals surface area (Å²) in [6, 6.07) is -0.0493. The molecule has 1 N–H and O–H groups in total. The zero-order chi connectivity index (χ0) is 16.9. The Kier molecular flexibility index (Phi) is 4.45. The van der Waals surface area contributed by atoms with Crippen LogP contribution in [0.5, 0.6) is 0 Å². The summed E-state index contributed by atoms with van der Waals surface area (Å²) in [6.07, 6.45) is 0. The Balaban J connectivity index is 2.37. The summed E-state index contributed by atoms with van der Waals surface area (Å²) in [7, 11) is -1.55. The van der Waals surface area contributed by atoms with E-state index in [1.54, 1.807) is 11.6 Å². The van der Waals surface area contributed by atoms with Gasteiger partial charge in [-0.05, 0) is 47.6 Å². The fourth-order valence-corrected chi connectivity index (χ4v) is 5.02. The van der Waals surface area contributed by atoms with Crippen LogP contribution in [-0.2, 0) is 15.6 Å². The zero-order valence-electron chi connectivity index (χ0n) is 14.6. The first-order valence-corrected chi connectivity index (χ1v) is 9.19. The molecule has 22 heavy (non-hydrogen) atoms. The SMILES string of the molecule is Cc1nn(C(C)(C)C)c(C)c1S(=O)(=O)NC1CN(C)CC1C. The number of likely N-dealkylation sites (tertiary alicyclic amines) is 1. The van der Waals surface area contributed by atoms with Gasteiger partial charge in [-0.3, -0.25) is 4.68 Å². The molecule has 0 spiro atoms. The van der Waals surface area contributed by atoms with Crippen molar-refractivity contribution in [3.63, 3.8) is 0 Å². The number of sulfonamides is 1. The van der Waals surface area contributed by atoms with Crippen LogP contribution in [0.4, 0.5) is 0 Å². The third-order valence-electron chi connectivity index (χ3n) is 4.23. The number of hydrogen-bond donors (Lipinski definition) is 1. The highest BCUT2D eigenvalue weighted by atomic mass is 32.2. The quantitative estimate of drug-likeness (QED) is 0.913. The second-order valence-electron chi connectivity index (χ2n) is 7.51. The Bertz CT molecular complexity index is 658. The lowest BCUT2D eigenvalue weighted by molar-refractivity contribution is 0.345. The molecule has 2 heterocycles. The van der Waals surface area contributed by atoms with Gasteiger partial charge in [-0.2, -0.15) is 5.10 Å². The summed E-state index contributed by atoms with van der Waals surface area (Å²) in [5.41, 5.74) is 0.999. The van der Waals surface area contributed by atoms with Gasteiger partial charge in [0, 0.05) is 19.1 Å². The molecule has 2 atom stereocenters. The van der Waals surface area contributed by atoms with Gasteiger partial charge in [0.1, 0.15) is 4.90 Å². The molecule has 1 aromatic heterocycles. The molecule has 0 aliphatic carbocycles. The van der Waals surface area contributed by atoms with Gasteiger partial charge >= 0.3 is 0 Å². The molecule has 1 aliphatic heterocycles. The smallest absolute Gasteiger partial charge is 0.244 e. The van der Waals surface area contributed by atoms with Crippen molar-refractivity contribution in [3.05, 3.63) is 11.4 Å². The van der Waals surface area contributed by atoms with Gasteiger partial charge in [0.2, 0.25) is 10.0 Å². The molecule has 0 bridgehead atoms. The number of nitrogens with zero attached hydrogens (tertiary/aromatic N) is 3.